The Labute approximate surface area is 132 Å². The van der Waals surface area contributed by atoms with E-state index in [-0.39, 0.29) is 5.56 Å². The molecule has 1 N–H and O–H groups in total. The lowest BCUT2D eigenvalue weighted by molar-refractivity contribution is 0.137. The third-order valence-electron chi connectivity index (χ3n) is 3.94. The van der Waals surface area contributed by atoms with Crippen molar-refractivity contribution in [2.75, 3.05) is 13.1 Å². The van der Waals surface area contributed by atoms with Crippen molar-refractivity contribution in [3.63, 3.8) is 0 Å². The molecule has 1 fully saturated rings. The second-order valence-corrected chi connectivity index (χ2v) is 6.66. The molecule has 0 bridgehead atoms. The van der Waals surface area contributed by atoms with Gasteiger partial charge in [0, 0.05) is 48.5 Å². The molecule has 3 rings (SSSR count). The van der Waals surface area contributed by atoms with E-state index in [1.54, 1.807) is 16.7 Å². The molecule has 21 heavy (non-hydrogen) atoms. The molecule has 1 aliphatic heterocycles. The summed E-state index contributed by atoms with van der Waals surface area (Å²) in [5.74, 6) is 0. The fourth-order valence-corrected chi connectivity index (χ4v) is 3.07. The Hall–Kier alpha value is -1.24. The van der Waals surface area contributed by atoms with Gasteiger partial charge in [0.15, 0.2) is 0 Å². The van der Waals surface area contributed by atoms with Crippen LogP contribution in [0, 0.1) is 0 Å². The number of halogens is 1. The lowest BCUT2D eigenvalue weighted by Gasteiger charge is -2.37. The van der Waals surface area contributed by atoms with Crippen molar-refractivity contribution >= 4 is 21.6 Å². The summed E-state index contributed by atoms with van der Waals surface area (Å²) in [6, 6.07) is 6.32. The monoisotopic (exact) mass is 350 g/mol. The molecule has 2 atom stereocenters. The van der Waals surface area contributed by atoms with Crippen molar-refractivity contribution in [1.29, 1.82) is 0 Å². The summed E-state index contributed by atoms with van der Waals surface area (Å²) in [4.78, 5) is 19.2. The van der Waals surface area contributed by atoms with E-state index in [1.807, 2.05) is 12.1 Å². The van der Waals surface area contributed by atoms with Gasteiger partial charge in [-0.2, -0.15) is 0 Å². The van der Waals surface area contributed by atoms with Crippen molar-refractivity contribution in [2.24, 2.45) is 0 Å². The Morgan fingerprint density at radius 2 is 2.24 bits per heavy atom. The van der Waals surface area contributed by atoms with Crippen molar-refractivity contribution in [3.8, 4) is 0 Å². The van der Waals surface area contributed by atoms with Crippen LogP contribution in [0.15, 0.2) is 33.7 Å². The molecule has 3 heterocycles. The minimum absolute atomic E-state index is 0.0351. The van der Waals surface area contributed by atoms with E-state index in [4.69, 9.17) is 0 Å². The number of nitrogens with zero attached hydrogens (tertiary/aromatic N) is 3. The van der Waals surface area contributed by atoms with Gasteiger partial charge in [-0.15, -0.1) is 0 Å². The predicted octanol–water partition coefficient (Wildman–Crippen LogP) is 1.64. The molecule has 0 saturated carbocycles. The SMILES string of the molecule is CC1CN(Cc2cc(=O)n3cc(Br)ccc3n2)C(C)CN1. The van der Waals surface area contributed by atoms with Gasteiger partial charge >= 0.3 is 0 Å². The van der Waals surface area contributed by atoms with Gasteiger partial charge < -0.3 is 5.32 Å². The van der Waals surface area contributed by atoms with Crippen molar-refractivity contribution in [1.82, 2.24) is 19.6 Å². The van der Waals surface area contributed by atoms with Crippen LogP contribution in [0.1, 0.15) is 19.5 Å². The second-order valence-electron chi connectivity index (χ2n) is 5.75. The van der Waals surface area contributed by atoms with Gasteiger partial charge in [0.25, 0.3) is 5.56 Å². The number of nitrogens with one attached hydrogen (secondary N) is 1. The maximum Gasteiger partial charge on any atom is 0.258 e. The standard InChI is InChI=1S/C15H19BrN4O/c1-10-7-19(11(2)6-17-10)9-13-5-15(21)20-8-12(16)3-4-14(20)18-13/h3-5,8,10-11,17H,6-7,9H2,1-2H3. The van der Waals surface area contributed by atoms with Crippen molar-refractivity contribution in [2.45, 2.75) is 32.5 Å². The molecule has 5 nitrogen and oxygen atoms in total. The van der Waals surface area contributed by atoms with Crippen molar-refractivity contribution < 1.29 is 0 Å². The van der Waals surface area contributed by atoms with Crippen LogP contribution in [-0.4, -0.2) is 39.5 Å². The summed E-state index contributed by atoms with van der Waals surface area (Å²) in [6.45, 7) is 7.04. The molecule has 1 aliphatic rings. The van der Waals surface area contributed by atoms with Crippen LogP contribution in [0.3, 0.4) is 0 Å². The molecule has 0 aliphatic carbocycles. The number of rotatable bonds is 2. The quantitative estimate of drug-likeness (QED) is 0.894. The predicted molar refractivity (Wildman–Crippen MR) is 86.5 cm³/mol. The first-order valence-corrected chi connectivity index (χ1v) is 7.97. The van der Waals surface area contributed by atoms with E-state index in [2.05, 4.69) is 45.0 Å². The van der Waals surface area contributed by atoms with E-state index in [0.717, 1.165) is 29.8 Å². The van der Waals surface area contributed by atoms with Gasteiger partial charge in [0.1, 0.15) is 5.65 Å². The zero-order valence-electron chi connectivity index (χ0n) is 12.2. The highest BCUT2D eigenvalue weighted by Gasteiger charge is 2.22. The molecule has 6 heteroatoms. The van der Waals surface area contributed by atoms with Crippen LogP contribution in [0.4, 0.5) is 0 Å². The van der Waals surface area contributed by atoms with Gasteiger partial charge in [-0.3, -0.25) is 14.1 Å². The molecular weight excluding hydrogens is 332 g/mol. The Bertz CT molecular complexity index is 714. The van der Waals surface area contributed by atoms with E-state index < -0.39 is 0 Å². The van der Waals surface area contributed by atoms with E-state index in [9.17, 15) is 4.79 Å². The van der Waals surface area contributed by atoms with Crippen LogP contribution in [-0.2, 0) is 6.54 Å². The summed E-state index contributed by atoms with van der Waals surface area (Å²) >= 11 is 3.38. The molecule has 1 saturated heterocycles. The minimum Gasteiger partial charge on any atom is -0.311 e. The summed E-state index contributed by atoms with van der Waals surface area (Å²) in [6.07, 6.45) is 1.75. The van der Waals surface area contributed by atoms with Crippen LogP contribution < -0.4 is 10.9 Å². The zero-order valence-corrected chi connectivity index (χ0v) is 13.8. The first-order valence-electron chi connectivity index (χ1n) is 7.18. The first-order chi connectivity index (χ1) is 10.0. The van der Waals surface area contributed by atoms with Gasteiger partial charge in [0.05, 0.1) is 5.69 Å². The lowest BCUT2D eigenvalue weighted by atomic mass is 10.1. The molecule has 0 aromatic carbocycles. The van der Waals surface area contributed by atoms with Gasteiger partial charge in [-0.05, 0) is 41.9 Å². The van der Waals surface area contributed by atoms with Crippen LogP contribution in [0.5, 0.6) is 0 Å². The average Bonchev–Trinajstić information content (AvgIpc) is 2.44. The van der Waals surface area contributed by atoms with Gasteiger partial charge in [-0.1, -0.05) is 0 Å². The highest BCUT2D eigenvalue weighted by Crippen LogP contribution is 2.13. The van der Waals surface area contributed by atoms with Crippen LogP contribution >= 0.6 is 15.9 Å². The number of hydrogen-bond donors (Lipinski definition) is 1. The molecular formula is C15H19BrN4O. The number of fused-ring (bicyclic) bond motifs is 1. The Kier molecular flexibility index (Phi) is 4.10. The molecule has 0 amide bonds. The topological polar surface area (TPSA) is 49.6 Å². The van der Waals surface area contributed by atoms with Gasteiger partial charge in [0.2, 0.25) is 0 Å². The molecule has 2 aromatic heterocycles. The Morgan fingerprint density at radius 3 is 3.05 bits per heavy atom. The fraction of sp³-hybridized carbons (Fsp3) is 0.467. The van der Waals surface area contributed by atoms with E-state index in [1.165, 1.54) is 0 Å². The van der Waals surface area contributed by atoms with Crippen LogP contribution in [0.25, 0.3) is 5.65 Å². The maximum absolute atomic E-state index is 12.2. The average molecular weight is 351 g/mol. The summed E-state index contributed by atoms with van der Waals surface area (Å²) in [5, 5.41) is 3.46. The van der Waals surface area contributed by atoms with E-state index in [0.29, 0.717) is 17.7 Å². The minimum atomic E-state index is -0.0351. The molecule has 0 spiro atoms. The smallest absolute Gasteiger partial charge is 0.258 e. The number of piperazine rings is 1. The molecule has 0 radical (unpaired) electrons. The second kappa shape index (κ2) is 5.87. The molecule has 112 valence electrons. The van der Waals surface area contributed by atoms with E-state index >= 15 is 0 Å². The first kappa shape index (κ1) is 14.7. The largest absolute Gasteiger partial charge is 0.311 e. The normalized spacial score (nSPS) is 23.6. The van der Waals surface area contributed by atoms with Gasteiger partial charge in [-0.25, -0.2) is 4.98 Å². The van der Waals surface area contributed by atoms with Crippen LogP contribution in [0.2, 0.25) is 0 Å². The van der Waals surface area contributed by atoms with Crippen molar-refractivity contribution in [3.05, 3.63) is 44.9 Å². The molecule has 2 aromatic rings. The Balaban J connectivity index is 1.90. The highest BCUT2D eigenvalue weighted by molar-refractivity contribution is 9.10. The summed E-state index contributed by atoms with van der Waals surface area (Å²) in [7, 11) is 0. The Morgan fingerprint density at radius 1 is 1.43 bits per heavy atom. The maximum atomic E-state index is 12.2. The number of pyridine rings is 1. The third-order valence-corrected chi connectivity index (χ3v) is 4.40. The summed E-state index contributed by atoms with van der Waals surface area (Å²) in [5.41, 5.74) is 1.49. The fourth-order valence-electron chi connectivity index (χ4n) is 2.73. The zero-order chi connectivity index (χ0) is 15.0. The molecule has 2 unspecified atom stereocenters. The third kappa shape index (κ3) is 3.17. The number of aromatic nitrogens is 2. The lowest BCUT2D eigenvalue weighted by Crippen LogP contribution is -2.53. The summed E-state index contributed by atoms with van der Waals surface area (Å²) < 4.78 is 2.44. The number of hydrogen-bond acceptors (Lipinski definition) is 4. The highest BCUT2D eigenvalue weighted by atomic mass is 79.9.